The number of hydrogen-bond donors (Lipinski definition) is 2. The fourth-order valence-corrected chi connectivity index (χ4v) is 8.51. The predicted molar refractivity (Wildman–Crippen MR) is 171 cm³/mol. The smallest absolute Gasteiger partial charge is 0.250 e. The first-order valence-electron chi connectivity index (χ1n) is 14.6. The minimum atomic E-state index is -0.0812. The molecule has 42 heavy (non-hydrogen) atoms. The monoisotopic (exact) mass is 597 g/mol. The third-order valence-electron chi connectivity index (χ3n) is 8.32. The SMILES string of the molecule is Cc1ccc(C(Nc2ccc3c(c2)Sc2cccc(-c4cc(N5CCOCC5)cc(=O)[nH]4)c2S3)[C@@H]2CCN(C)C2)nc1. The number of aromatic nitrogens is 2. The number of rotatable bonds is 6. The van der Waals surface area contributed by atoms with Crippen LogP contribution in [0, 0.1) is 12.8 Å². The summed E-state index contributed by atoms with van der Waals surface area (Å²) < 4.78 is 5.52. The van der Waals surface area contributed by atoms with Crippen molar-refractivity contribution in [3.8, 4) is 11.3 Å². The topological polar surface area (TPSA) is 73.5 Å². The normalized spacial score (nSPS) is 19.3. The van der Waals surface area contributed by atoms with Gasteiger partial charge in [0.2, 0.25) is 5.56 Å². The van der Waals surface area contributed by atoms with Crippen LogP contribution in [-0.2, 0) is 4.74 Å². The number of aromatic amines is 1. The number of hydrogen-bond acceptors (Lipinski definition) is 8. The number of pyridine rings is 2. The fourth-order valence-electron chi connectivity index (χ4n) is 6.10. The maximum atomic E-state index is 12.7. The average Bonchev–Trinajstić information content (AvgIpc) is 3.45. The molecule has 216 valence electrons. The van der Waals surface area contributed by atoms with Crippen LogP contribution in [0.4, 0.5) is 11.4 Å². The van der Waals surface area contributed by atoms with Gasteiger partial charge in [0.25, 0.3) is 0 Å². The Bertz CT molecular complexity index is 1650. The minimum absolute atomic E-state index is 0.0812. The van der Waals surface area contributed by atoms with Gasteiger partial charge in [0.1, 0.15) is 0 Å². The lowest BCUT2D eigenvalue weighted by Crippen LogP contribution is -2.36. The van der Waals surface area contributed by atoms with Crippen LogP contribution in [0.1, 0.15) is 23.7 Å². The van der Waals surface area contributed by atoms with Gasteiger partial charge in [-0.3, -0.25) is 9.78 Å². The highest BCUT2D eigenvalue weighted by Crippen LogP contribution is 2.52. The Kier molecular flexibility index (Phi) is 7.75. The maximum Gasteiger partial charge on any atom is 0.250 e. The lowest BCUT2D eigenvalue weighted by molar-refractivity contribution is 0.122. The lowest BCUT2D eigenvalue weighted by Gasteiger charge is -2.29. The second-order valence-electron chi connectivity index (χ2n) is 11.4. The molecular formula is C33H35N5O2S2. The molecule has 9 heteroatoms. The van der Waals surface area contributed by atoms with Crippen LogP contribution >= 0.6 is 23.5 Å². The van der Waals surface area contributed by atoms with Gasteiger partial charge in [-0.25, -0.2) is 0 Å². The van der Waals surface area contributed by atoms with Crippen molar-refractivity contribution in [3.05, 3.63) is 88.5 Å². The van der Waals surface area contributed by atoms with Crippen molar-refractivity contribution in [3.63, 3.8) is 0 Å². The highest BCUT2D eigenvalue weighted by Gasteiger charge is 2.30. The van der Waals surface area contributed by atoms with Gasteiger partial charge in [-0.15, -0.1) is 0 Å². The molecule has 2 atom stereocenters. The predicted octanol–water partition coefficient (Wildman–Crippen LogP) is 6.30. The Morgan fingerprint density at radius 2 is 1.88 bits per heavy atom. The maximum absolute atomic E-state index is 12.7. The number of fused-ring (bicyclic) bond motifs is 2. The molecule has 7 rings (SSSR count). The highest BCUT2D eigenvalue weighted by atomic mass is 32.2. The van der Waals surface area contributed by atoms with Crippen LogP contribution in [-0.4, -0.2) is 61.3 Å². The van der Waals surface area contributed by atoms with E-state index in [9.17, 15) is 4.79 Å². The second-order valence-corrected chi connectivity index (χ2v) is 13.5. The number of ether oxygens (including phenoxy) is 1. The van der Waals surface area contributed by atoms with Crippen molar-refractivity contribution in [1.82, 2.24) is 14.9 Å². The van der Waals surface area contributed by atoms with Gasteiger partial charge >= 0.3 is 0 Å². The molecule has 2 saturated heterocycles. The van der Waals surface area contributed by atoms with Gasteiger partial charge in [-0.2, -0.15) is 0 Å². The third-order valence-corrected chi connectivity index (χ3v) is 10.9. The van der Waals surface area contributed by atoms with E-state index in [2.05, 4.69) is 88.7 Å². The second kappa shape index (κ2) is 11.8. The number of nitrogens with one attached hydrogen (secondary N) is 2. The Morgan fingerprint density at radius 3 is 2.67 bits per heavy atom. The summed E-state index contributed by atoms with van der Waals surface area (Å²) in [5.41, 5.74) is 6.17. The van der Waals surface area contributed by atoms with Crippen LogP contribution in [0.3, 0.4) is 0 Å². The highest BCUT2D eigenvalue weighted by molar-refractivity contribution is 8.05. The number of likely N-dealkylation sites (tertiary alicyclic amines) is 1. The molecule has 3 aliphatic heterocycles. The van der Waals surface area contributed by atoms with Gasteiger partial charge in [-0.1, -0.05) is 41.7 Å². The Morgan fingerprint density at radius 1 is 1.00 bits per heavy atom. The molecular weight excluding hydrogens is 563 g/mol. The van der Waals surface area contributed by atoms with E-state index in [0.29, 0.717) is 19.1 Å². The van der Waals surface area contributed by atoms with Crippen LogP contribution in [0.15, 0.2) is 91.2 Å². The zero-order valence-corrected chi connectivity index (χ0v) is 25.6. The summed E-state index contributed by atoms with van der Waals surface area (Å²) in [5.74, 6) is 0.502. The largest absolute Gasteiger partial charge is 0.378 e. The third kappa shape index (κ3) is 5.71. The molecule has 7 nitrogen and oxygen atoms in total. The van der Waals surface area contributed by atoms with E-state index >= 15 is 0 Å². The van der Waals surface area contributed by atoms with Gasteiger partial charge in [0.05, 0.1) is 30.6 Å². The molecule has 2 aromatic heterocycles. The van der Waals surface area contributed by atoms with Gasteiger partial charge in [-0.05, 0) is 74.8 Å². The number of anilines is 2. The van der Waals surface area contributed by atoms with Crippen LogP contribution in [0.25, 0.3) is 11.3 Å². The van der Waals surface area contributed by atoms with Crippen molar-refractivity contribution in [2.75, 3.05) is 56.7 Å². The Hall–Kier alpha value is -3.24. The summed E-state index contributed by atoms with van der Waals surface area (Å²) in [4.78, 5) is 30.1. The lowest BCUT2D eigenvalue weighted by atomic mass is 9.95. The zero-order valence-electron chi connectivity index (χ0n) is 23.9. The molecule has 2 fully saturated rings. The fraction of sp³-hybridized carbons (Fsp3) is 0.333. The van der Waals surface area contributed by atoms with Crippen molar-refractivity contribution in [2.24, 2.45) is 5.92 Å². The summed E-state index contributed by atoms with van der Waals surface area (Å²) in [6.07, 6.45) is 3.13. The van der Waals surface area contributed by atoms with E-state index in [1.165, 1.54) is 25.1 Å². The zero-order chi connectivity index (χ0) is 28.6. The van der Waals surface area contributed by atoms with E-state index < -0.39 is 0 Å². The van der Waals surface area contributed by atoms with Crippen molar-refractivity contribution in [2.45, 2.75) is 39.0 Å². The Balaban J connectivity index is 1.16. The molecule has 2 N–H and O–H groups in total. The van der Waals surface area contributed by atoms with Gasteiger partial charge < -0.3 is 24.8 Å². The summed E-state index contributed by atoms with van der Waals surface area (Å²) in [6, 6.07) is 21.4. The Labute approximate surface area is 255 Å². The summed E-state index contributed by atoms with van der Waals surface area (Å²) >= 11 is 3.57. The molecule has 0 bridgehead atoms. The first kappa shape index (κ1) is 27.6. The van der Waals surface area contributed by atoms with Gasteiger partial charge in [0.15, 0.2) is 0 Å². The number of nitrogens with zero attached hydrogens (tertiary/aromatic N) is 3. The molecule has 4 aromatic rings. The molecule has 0 amide bonds. The first-order chi connectivity index (χ1) is 20.5. The molecule has 3 aliphatic rings. The van der Waals surface area contributed by atoms with Crippen LogP contribution in [0.2, 0.25) is 0 Å². The molecule has 0 saturated carbocycles. The van der Waals surface area contributed by atoms with E-state index in [4.69, 9.17) is 9.72 Å². The summed E-state index contributed by atoms with van der Waals surface area (Å²) in [6.45, 7) is 7.22. The van der Waals surface area contributed by atoms with Crippen LogP contribution < -0.4 is 15.8 Å². The number of H-pyrrole nitrogens is 1. The molecule has 2 aromatic carbocycles. The first-order valence-corrected chi connectivity index (χ1v) is 16.2. The molecule has 0 aliphatic carbocycles. The van der Waals surface area contributed by atoms with Crippen molar-refractivity contribution >= 4 is 34.9 Å². The summed E-state index contributed by atoms with van der Waals surface area (Å²) in [7, 11) is 2.20. The quantitative estimate of drug-likeness (QED) is 0.236. The van der Waals surface area contributed by atoms with E-state index in [1.807, 2.05) is 6.20 Å². The number of morpholine rings is 1. The average molecular weight is 598 g/mol. The summed E-state index contributed by atoms with van der Waals surface area (Å²) in [5, 5.41) is 3.87. The van der Waals surface area contributed by atoms with Crippen LogP contribution in [0.5, 0.6) is 0 Å². The van der Waals surface area contributed by atoms with E-state index in [-0.39, 0.29) is 11.6 Å². The number of aryl methyl sites for hydroxylation is 1. The van der Waals surface area contributed by atoms with Crippen molar-refractivity contribution < 1.29 is 4.74 Å². The number of benzene rings is 2. The molecule has 0 spiro atoms. The standard InChI is InChI=1S/C33H35N5O2S2/c1-21-6-8-26(34-19-21)32(22-10-11-37(2)20-22)35-23-7-9-28-30(16-23)41-29-5-3-4-25(33(29)42-28)27-17-24(18-31(39)36-27)38-12-14-40-15-13-38/h3-9,16-19,22,32,35H,10-15,20H2,1-2H3,(H,36,39)/t22-,32?/m1/s1. The molecule has 5 heterocycles. The van der Waals surface area contributed by atoms with E-state index in [1.54, 1.807) is 29.6 Å². The minimum Gasteiger partial charge on any atom is -0.378 e. The van der Waals surface area contributed by atoms with Gasteiger partial charge in [0, 0.05) is 68.4 Å². The van der Waals surface area contributed by atoms with E-state index in [0.717, 1.165) is 60.9 Å². The van der Waals surface area contributed by atoms with Crippen molar-refractivity contribution in [1.29, 1.82) is 0 Å². The molecule has 0 radical (unpaired) electrons. The molecule has 1 unspecified atom stereocenters.